The van der Waals surface area contributed by atoms with Gasteiger partial charge in [-0.1, -0.05) is 19.8 Å². The second-order valence-corrected chi connectivity index (χ2v) is 2.98. The van der Waals surface area contributed by atoms with Gasteiger partial charge >= 0.3 is 5.97 Å². The predicted molar refractivity (Wildman–Crippen MR) is 48.9 cm³/mol. The fourth-order valence-corrected chi connectivity index (χ4v) is 0.803. The van der Waals surface area contributed by atoms with Crippen molar-refractivity contribution in [2.45, 2.75) is 45.8 Å². The van der Waals surface area contributed by atoms with Gasteiger partial charge in [-0.25, -0.2) is 0 Å². The zero-order valence-corrected chi connectivity index (χ0v) is 8.21. The van der Waals surface area contributed by atoms with Crippen LogP contribution in [-0.2, 0) is 14.3 Å². The van der Waals surface area contributed by atoms with Crippen LogP contribution in [0, 0.1) is 0 Å². The molecule has 0 aromatic rings. The van der Waals surface area contributed by atoms with Gasteiger partial charge in [0, 0.05) is 6.42 Å². The molecule has 0 amide bonds. The number of esters is 1. The maximum atomic E-state index is 11.0. The molecule has 0 saturated heterocycles. The third-order valence-electron chi connectivity index (χ3n) is 1.64. The Labute approximate surface area is 78.4 Å². The Hall–Kier alpha value is -0.900. The number of unbranched alkanes of at least 4 members (excludes halogenated alkanes) is 2. The highest BCUT2D eigenvalue weighted by Gasteiger charge is 2.12. The molecular formula is C9H17NO3. The molecule has 0 aliphatic heterocycles. The van der Waals surface area contributed by atoms with Crippen molar-refractivity contribution >= 4 is 11.8 Å². The summed E-state index contributed by atoms with van der Waals surface area (Å²) in [7, 11) is 0. The molecule has 13 heavy (non-hydrogen) atoms. The van der Waals surface area contributed by atoms with Crippen LogP contribution in [0.5, 0.6) is 0 Å². The zero-order valence-electron chi connectivity index (χ0n) is 8.21. The summed E-state index contributed by atoms with van der Waals surface area (Å²) in [5.74, 6) is -0.722. The minimum atomic E-state index is -1.09. The van der Waals surface area contributed by atoms with Crippen LogP contribution in [0.1, 0.15) is 39.5 Å². The molecule has 76 valence electrons. The van der Waals surface area contributed by atoms with E-state index in [9.17, 15) is 9.59 Å². The second-order valence-electron chi connectivity index (χ2n) is 2.98. The fraction of sp³-hybridized carbons (Fsp3) is 0.778. The number of Topliss-reactive ketones (excluding diaryl/α,β-unsaturated/α-hetero) is 1. The third kappa shape index (κ3) is 6.28. The van der Waals surface area contributed by atoms with Crippen molar-refractivity contribution in [1.82, 2.24) is 0 Å². The number of carbonyl (C=O) groups is 2. The smallest absolute Gasteiger partial charge is 0.307 e. The van der Waals surface area contributed by atoms with E-state index in [2.05, 4.69) is 4.74 Å². The van der Waals surface area contributed by atoms with Gasteiger partial charge in [-0.15, -0.1) is 0 Å². The normalized spacial score (nSPS) is 12.2. The lowest BCUT2D eigenvalue weighted by Crippen LogP contribution is -2.33. The Morgan fingerprint density at radius 2 is 2.00 bits per heavy atom. The molecule has 0 saturated carbocycles. The van der Waals surface area contributed by atoms with Crippen LogP contribution in [0.4, 0.5) is 0 Å². The molecule has 0 bridgehead atoms. The molecule has 0 radical (unpaired) electrons. The van der Waals surface area contributed by atoms with Crippen molar-refractivity contribution in [3.63, 3.8) is 0 Å². The molecule has 2 N–H and O–H groups in total. The van der Waals surface area contributed by atoms with Crippen molar-refractivity contribution in [3.05, 3.63) is 0 Å². The Bertz CT molecular complexity index is 180. The van der Waals surface area contributed by atoms with E-state index in [4.69, 9.17) is 5.73 Å². The van der Waals surface area contributed by atoms with Crippen LogP contribution in [0.3, 0.4) is 0 Å². The molecule has 0 aliphatic rings. The summed E-state index contributed by atoms with van der Waals surface area (Å²) in [5.41, 5.74) is 5.23. The third-order valence-corrected chi connectivity index (χ3v) is 1.64. The van der Waals surface area contributed by atoms with E-state index >= 15 is 0 Å². The van der Waals surface area contributed by atoms with Crippen LogP contribution in [0.25, 0.3) is 0 Å². The van der Waals surface area contributed by atoms with E-state index in [1.54, 1.807) is 0 Å². The first-order valence-electron chi connectivity index (χ1n) is 4.53. The minimum Gasteiger partial charge on any atom is -0.439 e. The van der Waals surface area contributed by atoms with Crippen molar-refractivity contribution in [1.29, 1.82) is 0 Å². The first kappa shape index (κ1) is 12.1. The van der Waals surface area contributed by atoms with Crippen molar-refractivity contribution in [2.75, 3.05) is 0 Å². The second kappa shape index (κ2) is 6.60. The Balaban J connectivity index is 3.56. The zero-order chi connectivity index (χ0) is 10.3. The summed E-state index contributed by atoms with van der Waals surface area (Å²) in [6, 6.07) is 0. The van der Waals surface area contributed by atoms with E-state index in [0.717, 1.165) is 19.3 Å². The van der Waals surface area contributed by atoms with Gasteiger partial charge in [0.05, 0.1) is 0 Å². The Morgan fingerprint density at radius 1 is 1.38 bits per heavy atom. The van der Waals surface area contributed by atoms with Gasteiger partial charge in [0.25, 0.3) is 0 Å². The lowest BCUT2D eigenvalue weighted by molar-refractivity contribution is -0.154. The molecule has 1 atom stereocenters. The lowest BCUT2D eigenvalue weighted by Gasteiger charge is -2.08. The average Bonchev–Trinajstić information content (AvgIpc) is 2.04. The summed E-state index contributed by atoms with van der Waals surface area (Å²) in [5, 5.41) is 0. The monoisotopic (exact) mass is 187 g/mol. The van der Waals surface area contributed by atoms with Crippen molar-refractivity contribution < 1.29 is 14.3 Å². The Kier molecular flexibility index (Phi) is 6.14. The van der Waals surface area contributed by atoms with Crippen molar-refractivity contribution in [2.24, 2.45) is 5.73 Å². The molecule has 0 spiro atoms. The molecule has 1 unspecified atom stereocenters. The fourth-order valence-electron chi connectivity index (χ4n) is 0.803. The highest BCUT2D eigenvalue weighted by Crippen LogP contribution is 2.01. The van der Waals surface area contributed by atoms with Gasteiger partial charge in [0.15, 0.2) is 5.78 Å². The standard InChI is InChI=1S/C9H17NO3/c1-3-4-5-6-8(12)13-9(10)7(2)11/h9H,3-6,10H2,1-2H3. The highest BCUT2D eigenvalue weighted by molar-refractivity contribution is 5.82. The quantitative estimate of drug-likeness (QED) is 0.382. The number of ketones is 1. The predicted octanol–water partition coefficient (Wildman–Crippen LogP) is 0.984. The van der Waals surface area contributed by atoms with Crippen LogP contribution in [-0.4, -0.2) is 18.0 Å². The number of nitrogens with two attached hydrogens (primary N) is 1. The molecular weight excluding hydrogens is 170 g/mol. The van der Waals surface area contributed by atoms with E-state index < -0.39 is 12.2 Å². The highest BCUT2D eigenvalue weighted by atomic mass is 16.6. The van der Waals surface area contributed by atoms with E-state index in [0.29, 0.717) is 6.42 Å². The number of ether oxygens (including phenoxy) is 1. The van der Waals surface area contributed by atoms with E-state index in [-0.39, 0.29) is 5.78 Å². The molecule has 0 rings (SSSR count). The van der Waals surface area contributed by atoms with Crippen LogP contribution in [0.15, 0.2) is 0 Å². The minimum absolute atomic E-state index is 0.330. The Morgan fingerprint density at radius 3 is 2.46 bits per heavy atom. The van der Waals surface area contributed by atoms with E-state index in [1.807, 2.05) is 6.92 Å². The molecule has 0 aromatic heterocycles. The molecule has 0 aromatic carbocycles. The summed E-state index contributed by atoms with van der Waals surface area (Å²) < 4.78 is 4.65. The molecule has 4 heteroatoms. The molecule has 4 nitrogen and oxygen atoms in total. The topological polar surface area (TPSA) is 69.4 Å². The number of carbonyl (C=O) groups excluding carboxylic acids is 2. The molecule has 0 fully saturated rings. The van der Waals surface area contributed by atoms with Gasteiger partial charge in [0.2, 0.25) is 6.23 Å². The van der Waals surface area contributed by atoms with Gasteiger partial charge in [0.1, 0.15) is 0 Å². The van der Waals surface area contributed by atoms with Crippen molar-refractivity contribution in [3.8, 4) is 0 Å². The van der Waals surface area contributed by atoms with Gasteiger partial charge < -0.3 is 4.74 Å². The summed E-state index contributed by atoms with van der Waals surface area (Å²) in [4.78, 5) is 21.6. The van der Waals surface area contributed by atoms with Gasteiger partial charge in [-0.2, -0.15) is 0 Å². The summed E-state index contributed by atoms with van der Waals surface area (Å²) in [6.07, 6.45) is 2.08. The lowest BCUT2D eigenvalue weighted by atomic mass is 10.2. The first-order valence-corrected chi connectivity index (χ1v) is 4.53. The number of hydrogen-bond donors (Lipinski definition) is 1. The summed E-state index contributed by atoms with van der Waals surface area (Å²) >= 11 is 0. The SMILES string of the molecule is CCCCCC(=O)OC(N)C(C)=O. The van der Waals surface area contributed by atoms with Crippen LogP contribution in [0.2, 0.25) is 0 Å². The molecule has 0 aliphatic carbocycles. The van der Waals surface area contributed by atoms with Crippen LogP contribution >= 0.6 is 0 Å². The molecule has 0 heterocycles. The number of hydrogen-bond acceptors (Lipinski definition) is 4. The van der Waals surface area contributed by atoms with Crippen LogP contribution < -0.4 is 5.73 Å². The van der Waals surface area contributed by atoms with Gasteiger partial charge in [-0.3, -0.25) is 15.3 Å². The average molecular weight is 187 g/mol. The summed E-state index contributed by atoms with van der Waals surface area (Å²) in [6.45, 7) is 3.34. The maximum Gasteiger partial charge on any atom is 0.307 e. The van der Waals surface area contributed by atoms with E-state index in [1.165, 1.54) is 6.92 Å². The van der Waals surface area contributed by atoms with Gasteiger partial charge in [-0.05, 0) is 13.3 Å². The largest absolute Gasteiger partial charge is 0.439 e. The number of rotatable bonds is 6. The first-order chi connectivity index (χ1) is 6.07. The maximum absolute atomic E-state index is 11.0.